The second-order valence-corrected chi connectivity index (χ2v) is 2.75. The first-order valence-corrected chi connectivity index (χ1v) is 4.14. The van der Waals surface area contributed by atoms with Crippen LogP contribution in [0.2, 0.25) is 0 Å². The van der Waals surface area contributed by atoms with Crippen LogP contribution < -0.4 is 0 Å². The number of rotatable bonds is 4. The van der Waals surface area contributed by atoms with Crippen LogP contribution in [0.3, 0.4) is 0 Å². The molecule has 1 amide bonds. The summed E-state index contributed by atoms with van der Waals surface area (Å²) in [4.78, 5) is 16.5. The van der Waals surface area contributed by atoms with Gasteiger partial charge in [-0.25, -0.2) is 0 Å². The molecule has 0 aliphatic carbocycles. The first-order valence-electron chi connectivity index (χ1n) is 4.14. The SMILES string of the molecule is CCCCCN1C=NCC1=O. The van der Waals surface area contributed by atoms with E-state index in [4.69, 9.17) is 0 Å². The predicted octanol–water partition coefficient (Wildman–Crippen LogP) is 1.05. The molecule has 0 unspecified atom stereocenters. The van der Waals surface area contributed by atoms with Gasteiger partial charge in [-0.05, 0) is 6.42 Å². The quantitative estimate of drug-likeness (QED) is 0.557. The van der Waals surface area contributed by atoms with Gasteiger partial charge in [0.2, 0.25) is 5.91 Å². The topological polar surface area (TPSA) is 32.7 Å². The normalized spacial score (nSPS) is 16.5. The zero-order valence-corrected chi connectivity index (χ0v) is 6.92. The van der Waals surface area contributed by atoms with Gasteiger partial charge in [0.15, 0.2) is 0 Å². The van der Waals surface area contributed by atoms with Crippen LogP contribution in [-0.2, 0) is 4.79 Å². The molecule has 62 valence electrons. The fraction of sp³-hybridized carbons (Fsp3) is 0.750. The predicted molar refractivity (Wildman–Crippen MR) is 44.6 cm³/mol. The van der Waals surface area contributed by atoms with Gasteiger partial charge in [0, 0.05) is 6.54 Å². The maximum Gasteiger partial charge on any atom is 0.249 e. The monoisotopic (exact) mass is 154 g/mol. The maximum absolute atomic E-state index is 11.0. The molecule has 0 radical (unpaired) electrons. The Hall–Kier alpha value is -0.860. The summed E-state index contributed by atoms with van der Waals surface area (Å²) in [7, 11) is 0. The van der Waals surface area contributed by atoms with Gasteiger partial charge in [0.05, 0.1) is 6.34 Å². The van der Waals surface area contributed by atoms with Crippen molar-refractivity contribution < 1.29 is 4.79 Å². The van der Waals surface area contributed by atoms with Gasteiger partial charge in [0.25, 0.3) is 0 Å². The van der Waals surface area contributed by atoms with Crippen LogP contribution in [0.5, 0.6) is 0 Å². The molecule has 0 atom stereocenters. The lowest BCUT2D eigenvalue weighted by Crippen LogP contribution is -2.26. The zero-order valence-electron chi connectivity index (χ0n) is 6.92. The second kappa shape index (κ2) is 4.11. The molecule has 0 aromatic rings. The van der Waals surface area contributed by atoms with E-state index in [0.29, 0.717) is 6.54 Å². The van der Waals surface area contributed by atoms with Crippen molar-refractivity contribution in [3.8, 4) is 0 Å². The molecule has 1 aliphatic heterocycles. The Morgan fingerprint density at radius 1 is 1.64 bits per heavy atom. The lowest BCUT2D eigenvalue weighted by Gasteiger charge is -2.10. The third kappa shape index (κ3) is 2.33. The third-order valence-electron chi connectivity index (χ3n) is 1.77. The molecule has 0 bridgehead atoms. The van der Waals surface area contributed by atoms with Crippen LogP contribution in [-0.4, -0.2) is 30.2 Å². The van der Waals surface area contributed by atoms with Crippen molar-refractivity contribution >= 4 is 12.2 Å². The Morgan fingerprint density at radius 2 is 2.45 bits per heavy atom. The minimum atomic E-state index is 0.140. The Kier molecular flexibility index (Phi) is 3.08. The highest BCUT2D eigenvalue weighted by Gasteiger charge is 2.14. The van der Waals surface area contributed by atoms with Crippen molar-refractivity contribution in [2.75, 3.05) is 13.1 Å². The summed E-state index contributed by atoms with van der Waals surface area (Å²) in [6.07, 6.45) is 5.13. The van der Waals surface area contributed by atoms with Gasteiger partial charge in [-0.3, -0.25) is 9.79 Å². The molecule has 0 aromatic heterocycles. The van der Waals surface area contributed by atoms with Crippen LogP contribution in [0.15, 0.2) is 4.99 Å². The van der Waals surface area contributed by atoms with Crippen molar-refractivity contribution in [3.05, 3.63) is 0 Å². The summed E-state index contributed by atoms with van der Waals surface area (Å²) in [6.45, 7) is 3.35. The van der Waals surface area contributed by atoms with E-state index in [1.165, 1.54) is 12.8 Å². The molecule has 1 rings (SSSR count). The summed E-state index contributed by atoms with van der Waals surface area (Å²) in [5, 5.41) is 0. The number of carbonyl (C=O) groups excluding carboxylic acids is 1. The summed E-state index contributed by atoms with van der Waals surface area (Å²) in [5.41, 5.74) is 0. The van der Waals surface area contributed by atoms with Gasteiger partial charge in [-0.15, -0.1) is 0 Å². The summed E-state index contributed by atoms with van der Waals surface area (Å²) < 4.78 is 0. The van der Waals surface area contributed by atoms with Crippen molar-refractivity contribution in [1.82, 2.24) is 4.90 Å². The average Bonchev–Trinajstić information content (AvgIpc) is 2.37. The third-order valence-corrected chi connectivity index (χ3v) is 1.77. The van der Waals surface area contributed by atoms with Crippen LogP contribution in [0, 0.1) is 0 Å². The minimum Gasteiger partial charge on any atom is -0.302 e. The molecule has 0 saturated heterocycles. The van der Waals surface area contributed by atoms with E-state index in [-0.39, 0.29) is 5.91 Å². The number of hydrogen-bond acceptors (Lipinski definition) is 2. The van der Waals surface area contributed by atoms with Crippen molar-refractivity contribution in [1.29, 1.82) is 0 Å². The van der Waals surface area contributed by atoms with Crippen molar-refractivity contribution in [2.24, 2.45) is 4.99 Å². The van der Waals surface area contributed by atoms with Crippen LogP contribution in [0.1, 0.15) is 26.2 Å². The van der Waals surface area contributed by atoms with E-state index < -0.39 is 0 Å². The van der Waals surface area contributed by atoms with E-state index in [0.717, 1.165) is 13.0 Å². The molecule has 3 heteroatoms. The van der Waals surface area contributed by atoms with Gasteiger partial charge < -0.3 is 4.90 Å². The number of nitrogens with zero attached hydrogens (tertiary/aromatic N) is 2. The standard InChI is InChI=1S/C8H14N2O/c1-2-3-4-5-10-7-9-6-8(10)11/h7H,2-6H2,1H3. The van der Waals surface area contributed by atoms with Crippen LogP contribution >= 0.6 is 0 Å². The highest BCUT2D eigenvalue weighted by molar-refractivity contribution is 5.93. The molecule has 0 spiro atoms. The molecule has 0 aromatic carbocycles. The van der Waals surface area contributed by atoms with Gasteiger partial charge in [-0.1, -0.05) is 19.8 Å². The van der Waals surface area contributed by atoms with E-state index in [9.17, 15) is 4.79 Å². The molecule has 3 nitrogen and oxygen atoms in total. The fourth-order valence-electron chi connectivity index (χ4n) is 1.09. The van der Waals surface area contributed by atoms with Crippen LogP contribution in [0.25, 0.3) is 0 Å². The molecule has 1 aliphatic rings. The lowest BCUT2D eigenvalue weighted by molar-refractivity contribution is -0.124. The molecular weight excluding hydrogens is 140 g/mol. The Morgan fingerprint density at radius 3 is 3.00 bits per heavy atom. The Balaban J connectivity index is 2.15. The van der Waals surface area contributed by atoms with E-state index >= 15 is 0 Å². The molecule has 1 heterocycles. The molecule has 0 saturated carbocycles. The summed E-state index contributed by atoms with van der Waals surface area (Å²) in [5.74, 6) is 0.140. The molecule has 11 heavy (non-hydrogen) atoms. The number of amides is 1. The largest absolute Gasteiger partial charge is 0.302 e. The molecule has 0 fully saturated rings. The average molecular weight is 154 g/mol. The van der Waals surface area contributed by atoms with Gasteiger partial charge in [0.1, 0.15) is 6.54 Å². The Labute approximate surface area is 67.1 Å². The first kappa shape index (κ1) is 8.24. The lowest BCUT2D eigenvalue weighted by atomic mass is 10.2. The van der Waals surface area contributed by atoms with Gasteiger partial charge in [-0.2, -0.15) is 0 Å². The summed E-state index contributed by atoms with van der Waals surface area (Å²) in [6, 6.07) is 0. The first-order chi connectivity index (χ1) is 5.34. The minimum absolute atomic E-state index is 0.140. The van der Waals surface area contributed by atoms with Crippen LogP contribution in [0.4, 0.5) is 0 Å². The van der Waals surface area contributed by atoms with Crippen molar-refractivity contribution in [3.63, 3.8) is 0 Å². The van der Waals surface area contributed by atoms with E-state index in [1.54, 1.807) is 11.2 Å². The molecule has 0 N–H and O–H groups in total. The van der Waals surface area contributed by atoms with Crippen molar-refractivity contribution in [2.45, 2.75) is 26.2 Å². The number of unbranched alkanes of at least 4 members (excludes halogenated alkanes) is 2. The number of hydrogen-bond donors (Lipinski definition) is 0. The fourth-order valence-corrected chi connectivity index (χ4v) is 1.09. The summed E-state index contributed by atoms with van der Waals surface area (Å²) >= 11 is 0. The van der Waals surface area contributed by atoms with E-state index in [2.05, 4.69) is 11.9 Å². The highest BCUT2D eigenvalue weighted by Crippen LogP contribution is 2.00. The maximum atomic E-state index is 11.0. The van der Waals surface area contributed by atoms with Gasteiger partial charge >= 0.3 is 0 Å². The second-order valence-electron chi connectivity index (χ2n) is 2.75. The smallest absolute Gasteiger partial charge is 0.249 e. The Bertz CT molecular complexity index is 165. The molecular formula is C8H14N2O. The highest BCUT2D eigenvalue weighted by atomic mass is 16.2. The zero-order chi connectivity index (χ0) is 8.10. The number of aliphatic imine (C=N–C) groups is 1. The van der Waals surface area contributed by atoms with E-state index in [1.807, 2.05) is 0 Å². The number of carbonyl (C=O) groups is 1.